The van der Waals surface area contributed by atoms with Gasteiger partial charge in [0.15, 0.2) is 5.79 Å². The van der Waals surface area contributed by atoms with Crippen LogP contribution in [0.1, 0.15) is 43.9 Å². The minimum Gasteiger partial charge on any atom is -0.347 e. The second-order valence-electron chi connectivity index (χ2n) is 6.80. The van der Waals surface area contributed by atoms with E-state index in [1.54, 1.807) is 0 Å². The van der Waals surface area contributed by atoms with Gasteiger partial charge in [-0.15, -0.1) is 0 Å². The minimum atomic E-state index is -0.259. The zero-order valence-electron chi connectivity index (χ0n) is 13.1. The van der Waals surface area contributed by atoms with Crippen molar-refractivity contribution in [3.63, 3.8) is 0 Å². The Morgan fingerprint density at radius 3 is 2.73 bits per heavy atom. The molecule has 1 aromatic rings. The average Bonchev–Trinajstić information content (AvgIpc) is 3.17. The van der Waals surface area contributed by atoms with Crippen LogP contribution < -0.4 is 4.90 Å². The van der Waals surface area contributed by atoms with Crippen molar-refractivity contribution < 1.29 is 19.1 Å². The Balaban J connectivity index is 1.39. The minimum absolute atomic E-state index is 0.146. The van der Waals surface area contributed by atoms with Gasteiger partial charge in [0.25, 0.3) is 0 Å². The molecule has 0 aromatic heterocycles. The van der Waals surface area contributed by atoms with E-state index in [0.717, 1.165) is 39.1 Å². The molecule has 1 aliphatic carbocycles. The smallest absolute Gasteiger partial charge is 0.218 e. The van der Waals surface area contributed by atoms with E-state index in [1.165, 1.54) is 29.7 Å². The number of hydrogen-bond donors (Lipinski definition) is 1. The lowest BCUT2D eigenvalue weighted by Crippen LogP contribution is -3.11. The molecule has 1 N–H and O–H groups in total. The third kappa shape index (κ3) is 2.93. The fourth-order valence-corrected chi connectivity index (χ4v) is 4.09. The Labute approximate surface area is 132 Å². The topological polar surface area (TPSA) is 32.1 Å². The largest absolute Gasteiger partial charge is 0.347 e. The molecule has 4 heteroatoms. The molecule has 4 nitrogen and oxygen atoms in total. The van der Waals surface area contributed by atoms with E-state index < -0.39 is 0 Å². The van der Waals surface area contributed by atoms with Gasteiger partial charge in [0.1, 0.15) is 25.8 Å². The molecule has 0 amide bonds. The molecule has 1 unspecified atom stereocenters. The van der Waals surface area contributed by atoms with E-state index in [0.29, 0.717) is 0 Å². The van der Waals surface area contributed by atoms with Crippen LogP contribution in [0.2, 0.25) is 0 Å². The Bertz CT molecular complexity index is 486. The van der Waals surface area contributed by atoms with E-state index in [2.05, 4.69) is 30.3 Å². The summed E-state index contributed by atoms with van der Waals surface area (Å²) >= 11 is 0. The van der Waals surface area contributed by atoms with Gasteiger partial charge in [-0.05, 0) is 12.8 Å². The maximum absolute atomic E-state index is 6.34. The van der Waals surface area contributed by atoms with Crippen LogP contribution in [0.3, 0.4) is 0 Å². The van der Waals surface area contributed by atoms with Crippen LogP contribution in [-0.2, 0) is 14.2 Å². The second kappa shape index (κ2) is 6.28. The summed E-state index contributed by atoms with van der Waals surface area (Å²) in [5, 5.41) is 0. The number of ether oxygens (including phenoxy) is 3. The summed E-state index contributed by atoms with van der Waals surface area (Å²) in [6.45, 7) is 3.59. The molecule has 22 heavy (non-hydrogen) atoms. The first-order chi connectivity index (χ1) is 10.8. The van der Waals surface area contributed by atoms with Crippen molar-refractivity contribution in [3.05, 3.63) is 35.9 Å². The Morgan fingerprint density at radius 2 is 1.91 bits per heavy atom. The van der Waals surface area contributed by atoms with Gasteiger partial charge in [-0.2, -0.15) is 0 Å². The van der Waals surface area contributed by atoms with E-state index >= 15 is 0 Å². The van der Waals surface area contributed by atoms with E-state index in [9.17, 15) is 0 Å². The molecule has 1 aromatic carbocycles. The van der Waals surface area contributed by atoms with Crippen molar-refractivity contribution in [2.24, 2.45) is 0 Å². The normalized spacial score (nSPS) is 34.3. The standard InChI is InChI=1S/C18H25NO3/c1-3-7-15(8-4-1)17-19(11-12-20-17)13-16-14-21-18(22-16)9-5-2-6-10-18/h1,3-4,7-8,16-17H,2,5-6,9-14H2/p+1/t16-,17-/m1/s1. The highest BCUT2D eigenvalue weighted by Crippen LogP contribution is 2.37. The molecule has 2 aliphatic heterocycles. The molecule has 3 aliphatic rings. The van der Waals surface area contributed by atoms with E-state index in [-0.39, 0.29) is 18.1 Å². The van der Waals surface area contributed by atoms with Gasteiger partial charge in [0.2, 0.25) is 6.23 Å². The number of quaternary nitrogens is 1. The second-order valence-corrected chi connectivity index (χ2v) is 6.80. The van der Waals surface area contributed by atoms with Gasteiger partial charge in [0.05, 0.1) is 6.61 Å². The van der Waals surface area contributed by atoms with Crippen LogP contribution in [0.4, 0.5) is 0 Å². The molecular weight excluding hydrogens is 278 g/mol. The number of nitrogens with one attached hydrogen (secondary N) is 1. The van der Waals surface area contributed by atoms with Gasteiger partial charge < -0.3 is 19.1 Å². The molecule has 1 spiro atoms. The van der Waals surface area contributed by atoms with Crippen LogP contribution in [0.5, 0.6) is 0 Å². The lowest BCUT2D eigenvalue weighted by Gasteiger charge is -2.32. The van der Waals surface area contributed by atoms with Crippen LogP contribution in [-0.4, -0.2) is 38.2 Å². The summed E-state index contributed by atoms with van der Waals surface area (Å²) in [5.41, 5.74) is 1.27. The molecule has 2 heterocycles. The Morgan fingerprint density at radius 1 is 1.09 bits per heavy atom. The monoisotopic (exact) mass is 304 g/mol. The summed E-state index contributed by atoms with van der Waals surface area (Å²) in [7, 11) is 0. The van der Waals surface area contributed by atoms with Crippen molar-refractivity contribution in [2.75, 3.05) is 26.3 Å². The Hall–Kier alpha value is -0.940. The first kappa shape index (κ1) is 14.6. The van der Waals surface area contributed by atoms with E-state index in [1.807, 2.05) is 0 Å². The van der Waals surface area contributed by atoms with Crippen LogP contribution in [0, 0.1) is 0 Å². The summed E-state index contributed by atoms with van der Waals surface area (Å²) < 4.78 is 18.4. The van der Waals surface area contributed by atoms with E-state index in [4.69, 9.17) is 14.2 Å². The van der Waals surface area contributed by atoms with Crippen LogP contribution in [0.15, 0.2) is 30.3 Å². The SMILES string of the molecule is c1ccc([C@H]2OCC[NH+]2C[C@@H]2COC3(CCCCC3)O2)cc1. The predicted molar refractivity (Wildman–Crippen MR) is 82.5 cm³/mol. The highest BCUT2D eigenvalue weighted by molar-refractivity contribution is 5.15. The molecule has 4 rings (SSSR count). The molecule has 2 saturated heterocycles. The van der Waals surface area contributed by atoms with Gasteiger partial charge in [0, 0.05) is 18.4 Å². The first-order valence-corrected chi connectivity index (χ1v) is 8.68. The molecule has 3 atom stereocenters. The summed E-state index contributed by atoms with van der Waals surface area (Å²) in [5.74, 6) is -0.259. The quantitative estimate of drug-likeness (QED) is 0.922. The third-order valence-corrected chi connectivity index (χ3v) is 5.20. The lowest BCUT2D eigenvalue weighted by molar-refractivity contribution is -0.934. The molecule has 3 fully saturated rings. The highest BCUT2D eigenvalue weighted by atomic mass is 16.7. The van der Waals surface area contributed by atoms with Crippen LogP contribution >= 0.6 is 0 Å². The Kier molecular flexibility index (Phi) is 4.18. The third-order valence-electron chi connectivity index (χ3n) is 5.20. The molecule has 0 radical (unpaired) electrons. The number of rotatable bonds is 3. The zero-order chi connectivity index (χ0) is 14.8. The van der Waals surface area contributed by atoms with Crippen molar-refractivity contribution in [1.29, 1.82) is 0 Å². The predicted octanol–water partition coefficient (Wildman–Crippen LogP) is 1.68. The fraction of sp³-hybridized carbons (Fsp3) is 0.667. The summed E-state index contributed by atoms with van der Waals surface area (Å²) in [4.78, 5) is 1.47. The zero-order valence-corrected chi connectivity index (χ0v) is 13.1. The highest BCUT2D eigenvalue weighted by Gasteiger charge is 2.44. The van der Waals surface area contributed by atoms with Crippen molar-refractivity contribution in [1.82, 2.24) is 0 Å². The van der Waals surface area contributed by atoms with Gasteiger partial charge >= 0.3 is 0 Å². The number of hydrogen-bond acceptors (Lipinski definition) is 3. The molecule has 1 saturated carbocycles. The maximum Gasteiger partial charge on any atom is 0.218 e. The maximum atomic E-state index is 6.34. The molecule has 120 valence electrons. The molecule has 0 bridgehead atoms. The summed E-state index contributed by atoms with van der Waals surface area (Å²) in [6.07, 6.45) is 6.28. The fourth-order valence-electron chi connectivity index (χ4n) is 4.09. The van der Waals surface area contributed by atoms with Crippen molar-refractivity contribution >= 4 is 0 Å². The van der Waals surface area contributed by atoms with Crippen molar-refractivity contribution in [3.8, 4) is 0 Å². The van der Waals surface area contributed by atoms with Gasteiger partial charge in [-0.1, -0.05) is 36.8 Å². The average molecular weight is 304 g/mol. The lowest BCUT2D eigenvalue weighted by atomic mass is 9.94. The van der Waals surface area contributed by atoms with Gasteiger partial charge in [-0.25, -0.2) is 0 Å². The van der Waals surface area contributed by atoms with Crippen molar-refractivity contribution in [2.45, 2.75) is 50.2 Å². The van der Waals surface area contributed by atoms with Crippen LogP contribution in [0.25, 0.3) is 0 Å². The van der Waals surface area contributed by atoms with Gasteiger partial charge in [-0.3, -0.25) is 0 Å². The summed E-state index contributed by atoms with van der Waals surface area (Å²) in [6, 6.07) is 10.5. The molecular formula is C18H26NO3+. The number of benzene rings is 1. The first-order valence-electron chi connectivity index (χ1n) is 8.68.